The molecule has 2 N–H and O–H groups in total. The van der Waals surface area contributed by atoms with Crippen LogP contribution in [0.3, 0.4) is 0 Å². The standard InChI is InChI=1S/C22H29NO3/c1-3-7-17(2)16-26-20-12-10-19(11-13-20)21(15-24)22(25)23-14-18-8-5-4-6-9-18/h4-6,8-13,17,21,24H,3,7,14-16H2,1-2H3,(H,23,25)/t17?,21-/m1/s1. The highest BCUT2D eigenvalue weighted by molar-refractivity contribution is 5.83. The van der Waals surface area contributed by atoms with Gasteiger partial charge in [-0.05, 0) is 35.6 Å². The zero-order valence-corrected chi connectivity index (χ0v) is 15.7. The fraction of sp³-hybridized carbons (Fsp3) is 0.409. The smallest absolute Gasteiger partial charge is 0.230 e. The molecule has 0 bridgehead atoms. The number of rotatable bonds is 10. The predicted molar refractivity (Wildman–Crippen MR) is 104 cm³/mol. The molecule has 0 aliphatic heterocycles. The molecule has 1 unspecified atom stereocenters. The van der Waals surface area contributed by atoms with Gasteiger partial charge < -0.3 is 15.2 Å². The summed E-state index contributed by atoms with van der Waals surface area (Å²) < 4.78 is 5.79. The molecule has 26 heavy (non-hydrogen) atoms. The maximum Gasteiger partial charge on any atom is 0.230 e. The third kappa shape index (κ3) is 6.19. The second-order valence-electron chi connectivity index (χ2n) is 6.71. The van der Waals surface area contributed by atoms with E-state index < -0.39 is 5.92 Å². The minimum atomic E-state index is -0.577. The third-order valence-corrected chi connectivity index (χ3v) is 4.41. The van der Waals surface area contributed by atoms with Crippen molar-refractivity contribution in [2.45, 2.75) is 39.2 Å². The van der Waals surface area contributed by atoms with Gasteiger partial charge in [-0.2, -0.15) is 0 Å². The Morgan fingerprint density at radius 3 is 2.42 bits per heavy atom. The van der Waals surface area contributed by atoms with Crippen LogP contribution in [0, 0.1) is 5.92 Å². The maximum absolute atomic E-state index is 12.4. The van der Waals surface area contributed by atoms with E-state index in [4.69, 9.17) is 4.74 Å². The van der Waals surface area contributed by atoms with Crippen LogP contribution in [0.15, 0.2) is 54.6 Å². The van der Waals surface area contributed by atoms with Crippen molar-refractivity contribution < 1.29 is 14.6 Å². The van der Waals surface area contributed by atoms with Crippen molar-refractivity contribution in [1.82, 2.24) is 5.32 Å². The van der Waals surface area contributed by atoms with Gasteiger partial charge in [0.15, 0.2) is 0 Å². The van der Waals surface area contributed by atoms with Crippen LogP contribution in [0.2, 0.25) is 0 Å². The molecule has 0 fully saturated rings. The lowest BCUT2D eigenvalue weighted by Crippen LogP contribution is -2.30. The lowest BCUT2D eigenvalue weighted by atomic mass is 9.99. The van der Waals surface area contributed by atoms with Gasteiger partial charge in [0, 0.05) is 6.54 Å². The highest BCUT2D eigenvalue weighted by Gasteiger charge is 2.19. The SMILES string of the molecule is CCCC(C)COc1ccc([C@@H](CO)C(=O)NCc2ccccc2)cc1. The van der Waals surface area contributed by atoms with Gasteiger partial charge in [-0.3, -0.25) is 4.79 Å². The van der Waals surface area contributed by atoms with Gasteiger partial charge in [-0.1, -0.05) is 62.7 Å². The first-order chi connectivity index (χ1) is 12.6. The number of benzene rings is 2. The molecule has 0 saturated carbocycles. The van der Waals surface area contributed by atoms with Crippen LogP contribution in [0.25, 0.3) is 0 Å². The summed E-state index contributed by atoms with van der Waals surface area (Å²) in [6.45, 7) is 5.26. The van der Waals surface area contributed by atoms with E-state index in [1.165, 1.54) is 0 Å². The van der Waals surface area contributed by atoms with Gasteiger partial charge in [0.25, 0.3) is 0 Å². The number of aliphatic hydroxyl groups excluding tert-OH is 1. The van der Waals surface area contributed by atoms with Crippen LogP contribution in [-0.4, -0.2) is 24.2 Å². The van der Waals surface area contributed by atoms with Gasteiger partial charge in [0.2, 0.25) is 5.91 Å². The summed E-state index contributed by atoms with van der Waals surface area (Å²) in [6, 6.07) is 17.2. The lowest BCUT2D eigenvalue weighted by Gasteiger charge is -2.16. The van der Waals surface area contributed by atoms with Gasteiger partial charge in [0.05, 0.1) is 19.1 Å². The summed E-state index contributed by atoms with van der Waals surface area (Å²) >= 11 is 0. The molecule has 4 nitrogen and oxygen atoms in total. The third-order valence-electron chi connectivity index (χ3n) is 4.41. The summed E-state index contributed by atoms with van der Waals surface area (Å²) in [5.74, 6) is 0.556. The molecule has 0 heterocycles. The summed E-state index contributed by atoms with van der Waals surface area (Å²) in [7, 11) is 0. The number of hydrogen-bond donors (Lipinski definition) is 2. The minimum absolute atomic E-state index is 0.179. The van der Waals surface area contributed by atoms with Crippen LogP contribution in [0.5, 0.6) is 5.75 Å². The number of carbonyl (C=O) groups excluding carboxylic acids is 1. The Kier molecular flexibility index (Phi) is 8.16. The van der Waals surface area contributed by atoms with E-state index in [9.17, 15) is 9.90 Å². The van der Waals surface area contributed by atoms with Crippen LogP contribution in [0.4, 0.5) is 0 Å². The Hall–Kier alpha value is -2.33. The molecule has 0 aliphatic rings. The van der Waals surface area contributed by atoms with Crippen molar-refractivity contribution >= 4 is 5.91 Å². The fourth-order valence-electron chi connectivity index (χ4n) is 2.86. The zero-order chi connectivity index (χ0) is 18.8. The van der Waals surface area contributed by atoms with Crippen LogP contribution >= 0.6 is 0 Å². The van der Waals surface area contributed by atoms with Crippen molar-refractivity contribution in [1.29, 1.82) is 0 Å². The molecule has 0 aliphatic carbocycles. The molecular weight excluding hydrogens is 326 g/mol. The van der Waals surface area contributed by atoms with E-state index in [0.717, 1.165) is 29.7 Å². The van der Waals surface area contributed by atoms with E-state index in [1.54, 1.807) is 0 Å². The molecule has 0 saturated heterocycles. The number of hydrogen-bond acceptors (Lipinski definition) is 3. The topological polar surface area (TPSA) is 58.6 Å². The van der Waals surface area contributed by atoms with Crippen molar-refractivity contribution in [3.05, 3.63) is 65.7 Å². The molecule has 0 radical (unpaired) electrons. The van der Waals surface area contributed by atoms with E-state index >= 15 is 0 Å². The number of carbonyl (C=O) groups is 1. The van der Waals surface area contributed by atoms with E-state index in [0.29, 0.717) is 19.1 Å². The van der Waals surface area contributed by atoms with Crippen molar-refractivity contribution in [2.24, 2.45) is 5.92 Å². The van der Waals surface area contributed by atoms with Gasteiger partial charge >= 0.3 is 0 Å². The van der Waals surface area contributed by atoms with Gasteiger partial charge in [-0.15, -0.1) is 0 Å². The van der Waals surface area contributed by atoms with Crippen molar-refractivity contribution in [3.63, 3.8) is 0 Å². The van der Waals surface area contributed by atoms with Crippen LogP contribution in [0.1, 0.15) is 43.7 Å². The molecule has 2 atom stereocenters. The lowest BCUT2D eigenvalue weighted by molar-refractivity contribution is -0.123. The summed E-state index contributed by atoms with van der Waals surface area (Å²) in [5.41, 5.74) is 1.81. The molecule has 140 valence electrons. The molecule has 2 rings (SSSR count). The second-order valence-corrected chi connectivity index (χ2v) is 6.71. The fourth-order valence-corrected chi connectivity index (χ4v) is 2.86. The highest BCUT2D eigenvalue weighted by Crippen LogP contribution is 2.21. The predicted octanol–water partition coefficient (Wildman–Crippen LogP) is 3.89. The summed E-state index contributed by atoms with van der Waals surface area (Å²) in [4.78, 5) is 12.4. The van der Waals surface area contributed by atoms with Crippen molar-refractivity contribution in [2.75, 3.05) is 13.2 Å². The molecule has 4 heteroatoms. The molecule has 1 amide bonds. The van der Waals surface area contributed by atoms with Gasteiger partial charge in [-0.25, -0.2) is 0 Å². The normalized spacial score (nSPS) is 13.0. The van der Waals surface area contributed by atoms with E-state index in [2.05, 4.69) is 19.2 Å². The number of aliphatic hydroxyl groups is 1. The molecule has 0 aromatic heterocycles. The van der Waals surface area contributed by atoms with Crippen molar-refractivity contribution in [3.8, 4) is 5.75 Å². The molecular formula is C22H29NO3. The Morgan fingerprint density at radius 1 is 1.12 bits per heavy atom. The first kappa shape index (κ1) is 20.0. The quantitative estimate of drug-likeness (QED) is 0.680. The van der Waals surface area contributed by atoms with E-state index in [1.807, 2.05) is 54.6 Å². The van der Waals surface area contributed by atoms with Crippen LogP contribution in [-0.2, 0) is 11.3 Å². The van der Waals surface area contributed by atoms with Gasteiger partial charge in [0.1, 0.15) is 5.75 Å². The average molecular weight is 355 g/mol. The average Bonchev–Trinajstić information content (AvgIpc) is 2.67. The van der Waals surface area contributed by atoms with Crippen LogP contribution < -0.4 is 10.1 Å². The number of nitrogens with one attached hydrogen (secondary N) is 1. The maximum atomic E-state index is 12.4. The minimum Gasteiger partial charge on any atom is -0.493 e. The Balaban J connectivity index is 1.91. The monoisotopic (exact) mass is 355 g/mol. The molecule has 0 spiro atoms. The Labute approximate surface area is 156 Å². The number of amides is 1. The largest absolute Gasteiger partial charge is 0.493 e. The highest BCUT2D eigenvalue weighted by atomic mass is 16.5. The Morgan fingerprint density at radius 2 is 1.81 bits per heavy atom. The van der Waals surface area contributed by atoms with E-state index in [-0.39, 0.29) is 12.5 Å². The first-order valence-corrected chi connectivity index (χ1v) is 9.29. The second kappa shape index (κ2) is 10.6. The zero-order valence-electron chi connectivity index (χ0n) is 15.7. The molecule has 2 aromatic carbocycles. The number of ether oxygens (including phenoxy) is 1. The molecule has 2 aromatic rings. The summed E-state index contributed by atoms with van der Waals surface area (Å²) in [6.07, 6.45) is 2.30. The Bertz CT molecular complexity index is 655. The summed E-state index contributed by atoms with van der Waals surface area (Å²) in [5, 5.41) is 12.5. The first-order valence-electron chi connectivity index (χ1n) is 9.29.